The molecule has 0 saturated carbocycles. The van der Waals surface area contributed by atoms with Gasteiger partial charge in [-0.1, -0.05) is 44.1 Å². The lowest BCUT2D eigenvalue weighted by atomic mass is 10.1. The van der Waals surface area contributed by atoms with E-state index in [2.05, 4.69) is 15.0 Å². The van der Waals surface area contributed by atoms with Crippen LogP contribution in [-0.2, 0) is 4.74 Å². The first-order chi connectivity index (χ1) is 13.1. The summed E-state index contributed by atoms with van der Waals surface area (Å²) in [5, 5.41) is 0.494. The van der Waals surface area contributed by atoms with E-state index in [4.69, 9.17) is 16.3 Å². The van der Waals surface area contributed by atoms with E-state index in [0.29, 0.717) is 36.1 Å². The normalized spacial score (nSPS) is 19.1. The fourth-order valence-corrected chi connectivity index (χ4v) is 4.04. The third kappa shape index (κ3) is 3.75. The van der Waals surface area contributed by atoms with Crippen LogP contribution in [0.15, 0.2) is 5.16 Å². The number of fused-ring (bicyclic) bond motifs is 2. The van der Waals surface area contributed by atoms with Crippen LogP contribution in [0.25, 0.3) is 10.9 Å². The highest BCUT2D eigenvalue weighted by Crippen LogP contribution is 2.37. The summed E-state index contributed by atoms with van der Waals surface area (Å²) in [6, 6.07) is -0.149. The Morgan fingerprint density at radius 2 is 2.11 bits per heavy atom. The lowest BCUT2D eigenvalue weighted by molar-refractivity contribution is 0.0928. The molecule has 1 atom stereocenters. The van der Waals surface area contributed by atoms with Crippen molar-refractivity contribution in [1.82, 2.24) is 15.0 Å². The zero-order valence-corrected chi connectivity index (χ0v) is 17.2. The second-order valence-electron chi connectivity index (χ2n) is 5.95. The highest BCUT2D eigenvalue weighted by molar-refractivity contribution is 7.99. The number of ketones is 1. The molecule has 0 aliphatic carbocycles. The molecular formula is C18H22ClFN4O2S. The number of hydrogen-bond donors (Lipinski definition) is 0. The van der Waals surface area contributed by atoms with Crippen LogP contribution in [0.4, 0.5) is 10.2 Å². The molecule has 2 aromatic rings. The van der Waals surface area contributed by atoms with Crippen molar-refractivity contribution in [1.29, 1.82) is 0 Å². The van der Waals surface area contributed by atoms with Crippen molar-refractivity contribution in [2.45, 2.75) is 44.8 Å². The average Bonchev–Trinajstić information content (AvgIpc) is 2.96. The van der Waals surface area contributed by atoms with Crippen LogP contribution in [0.2, 0.25) is 5.15 Å². The molecule has 0 bridgehead atoms. The van der Waals surface area contributed by atoms with Crippen LogP contribution in [0.3, 0.4) is 0 Å². The molecule has 0 N–H and O–H groups in total. The highest BCUT2D eigenvalue weighted by atomic mass is 35.5. The fraction of sp³-hybridized carbons (Fsp3) is 0.556. The van der Waals surface area contributed by atoms with Gasteiger partial charge in [0.1, 0.15) is 17.0 Å². The van der Waals surface area contributed by atoms with Crippen molar-refractivity contribution in [2.75, 3.05) is 30.4 Å². The van der Waals surface area contributed by atoms with Crippen LogP contribution in [0.1, 0.15) is 44.1 Å². The molecule has 4 rings (SSSR count). The quantitative estimate of drug-likeness (QED) is 0.417. The number of thioether (sulfide) groups is 1. The molecule has 146 valence electrons. The minimum Gasteiger partial charge on any atom is -0.379 e. The second kappa shape index (κ2) is 8.67. The van der Waals surface area contributed by atoms with Gasteiger partial charge in [-0.25, -0.2) is 19.3 Å². The topological polar surface area (TPSA) is 68.2 Å². The van der Waals surface area contributed by atoms with Crippen LogP contribution in [0.5, 0.6) is 0 Å². The SMILES string of the molecule is CC.CCSc1nc2c3c(nc(Cl)c(F)c3n1)C(=O)CC1COCCCN21. The van der Waals surface area contributed by atoms with Crippen LogP contribution >= 0.6 is 23.4 Å². The summed E-state index contributed by atoms with van der Waals surface area (Å²) in [6.07, 6.45) is 1.04. The van der Waals surface area contributed by atoms with Crippen molar-refractivity contribution in [3.8, 4) is 0 Å². The number of carbonyl (C=O) groups excluding carboxylic acids is 1. The first-order valence-corrected chi connectivity index (χ1v) is 10.5. The summed E-state index contributed by atoms with van der Waals surface area (Å²) < 4.78 is 20.3. The van der Waals surface area contributed by atoms with Gasteiger partial charge in [0.2, 0.25) is 0 Å². The Hall–Kier alpha value is -1.51. The predicted molar refractivity (Wildman–Crippen MR) is 106 cm³/mol. The maximum atomic E-state index is 14.7. The molecule has 2 aliphatic rings. The molecule has 4 heterocycles. The summed E-state index contributed by atoms with van der Waals surface area (Å²) in [6.45, 7) is 7.72. The molecule has 27 heavy (non-hydrogen) atoms. The molecule has 2 aliphatic heterocycles. The van der Waals surface area contributed by atoms with Crippen molar-refractivity contribution in [3.63, 3.8) is 0 Å². The molecule has 2 aromatic heterocycles. The lowest BCUT2D eigenvalue weighted by Crippen LogP contribution is -2.38. The fourth-order valence-electron chi connectivity index (χ4n) is 3.30. The smallest absolute Gasteiger partial charge is 0.190 e. The number of halogens is 2. The Balaban J connectivity index is 0.00000102. The molecule has 1 fully saturated rings. The third-order valence-electron chi connectivity index (χ3n) is 4.37. The van der Waals surface area contributed by atoms with Gasteiger partial charge in [0.05, 0.1) is 18.0 Å². The Morgan fingerprint density at radius 3 is 2.85 bits per heavy atom. The van der Waals surface area contributed by atoms with Crippen LogP contribution < -0.4 is 4.90 Å². The van der Waals surface area contributed by atoms with E-state index in [1.165, 1.54) is 11.8 Å². The Labute approximate surface area is 166 Å². The van der Waals surface area contributed by atoms with E-state index in [0.717, 1.165) is 12.2 Å². The summed E-state index contributed by atoms with van der Waals surface area (Å²) in [5.41, 5.74) is 0.215. The van der Waals surface area contributed by atoms with Gasteiger partial charge in [0.25, 0.3) is 0 Å². The van der Waals surface area contributed by atoms with Crippen LogP contribution in [0, 0.1) is 5.82 Å². The van der Waals surface area contributed by atoms with Crippen molar-refractivity contribution in [2.24, 2.45) is 0 Å². The number of aromatic nitrogens is 3. The summed E-state index contributed by atoms with van der Waals surface area (Å²) in [4.78, 5) is 27.7. The number of Topliss-reactive ketones (excluding diaryl/α,β-unsaturated/α-hetero) is 1. The standard InChI is InChI=1S/C16H16ClFN4O2S.C2H6/c1-2-25-16-20-13-10-12(19-14(17)11(13)18)9(23)6-8-7-24-5-3-4-22(8)15(10)21-16;1-2/h8H,2-7H2,1H3;1-2H3. The number of hydrogen-bond acceptors (Lipinski definition) is 7. The Morgan fingerprint density at radius 1 is 1.33 bits per heavy atom. The predicted octanol–water partition coefficient (Wildman–Crippen LogP) is 4.14. The first kappa shape index (κ1) is 20.2. The van der Waals surface area contributed by atoms with Crippen molar-refractivity contribution >= 4 is 45.9 Å². The van der Waals surface area contributed by atoms with Gasteiger partial charge in [-0.3, -0.25) is 4.79 Å². The molecule has 6 nitrogen and oxygen atoms in total. The highest BCUT2D eigenvalue weighted by Gasteiger charge is 2.35. The van der Waals surface area contributed by atoms with Crippen molar-refractivity contribution in [3.05, 3.63) is 16.7 Å². The van der Waals surface area contributed by atoms with E-state index in [-0.39, 0.29) is 34.6 Å². The average molecular weight is 413 g/mol. The van der Waals surface area contributed by atoms with E-state index in [1.807, 2.05) is 25.7 Å². The number of ether oxygens (including phenoxy) is 1. The van der Waals surface area contributed by atoms with Gasteiger partial charge in [-0.2, -0.15) is 0 Å². The number of carbonyl (C=O) groups is 1. The minimum absolute atomic E-state index is 0.0649. The van der Waals surface area contributed by atoms with Gasteiger partial charge in [-0.05, 0) is 12.2 Å². The maximum Gasteiger partial charge on any atom is 0.190 e. The molecule has 1 saturated heterocycles. The molecule has 0 amide bonds. The monoisotopic (exact) mass is 412 g/mol. The summed E-state index contributed by atoms with van der Waals surface area (Å²) in [5.74, 6) is 0.411. The third-order valence-corrected chi connectivity index (χ3v) is 5.35. The minimum atomic E-state index is -0.709. The van der Waals surface area contributed by atoms with Crippen molar-refractivity contribution < 1.29 is 13.9 Å². The number of pyridine rings is 1. The number of nitrogens with zero attached hydrogens (tertiary/aromatic N) is 4. The molecule has 0 spiro atoms. The second-order valence-corrected chi connectivity index (χ2v) is 7.54. The largest absolute Gasteiger partial charge is 0.379 e. The van der Waals surface area contributed by atoms with Gasteiger partial charge in [-0.15, -0.1) is 0 Å². The van der Waals surface area contributed by atoms with E-state index in [9.17, 15) is 9.18 Å². The van der Waals surface area contributed by atoms with Gasteiger partial charge < -0.3 is 9.64 Å². The number of anilines is 1. The lowest BCUT2D eigenvalue weighted by Gasteiger charge is -2.29. The molecule has 9 heteroatoms. The maximum absolute atomic E-state index is 14.7. The van der Waals surface area contributed by atoms with Gasteiger partial charge in [0, 0.05) is 19.6 Å². The van der Waals surface area contributed by atoms with Crippen LogP contribution in [-0.4, -0.2) is 52.3 Å². The first-order valence-electron chi connectivity index (χ1n) is 9.17. The number of rotatable bonds is 2. The molecule has 0 radical (unpaired) electrons. The van der Waals surface area contributed by atoms with E-state index < -0.39 is 5.82 Å². The van der Waals surface area contributed by atoms with E-state index in [1.54, 1.807) is 0 Å². The van der Waals surface area contributed by atoms with Gasteiger partial charge >= 0.3 is 0 Å². The molecule has 0 aromatic carbocycles. The zero-order chi connectivity index (χ0) is 19.6. The molecular weight excluding hydrogens is 391 g/mol. The Bertz CT molecular complexity index is 867. The summed E-state index contributed by atoms with van der Waals surface area (Å²) >= 11 is 7.35. The van der Waals surface area contributed by atoms with Gasteiger partial charge in [0.15, 0.2) is 21.9 Å². The summed E-state index contributed by atoms with van der Waals surface area (Å²) in [7, 11) is 0. The molecule has 1 unspecified atom stereocenters. The zero-order valence-electron chi connectivity index (χ0n) is 15.6. The van der Waals surface area contributed by atoms with E-state index >= 15 is 0 Å². The Kier molecular flexibility index (Phi) is 6.49.